The molecule has 2 rings (SSSR count). The second-order valence-corrected chi connectivity index (χ2v) is 6.62. The minimum Gasteiger partial charge on any atom is -0.319 e. The van der Waals surface area contributed by atoms with Gasteiger partial charge in [0.2, 0.25) is 9.84 Å². The first-order valence-corrected chi connectivity index (χ1v) is 8.30. The number of hydrogen-bond acceptors (Lipinski definition) is 5. The Morgan fingerprint density at radius 2 is 1.88 bits per heavy atom. The first kappa shape index (κ1) is 17.7. The van der Waals surface area contributed by atoms with E-state index in [2.05, 4.69) is 10.4 Å². The third kappa shape index (κ3) is 3.65. The van der Waals surface area contributed by atoms with Crippen molar-refractivity contribution in [3.05, 3.63) is 42.2 Å². The summed E-state index contributed by atoms with van der Waals surface area (Å²) in [4.78, 5) is 23.2. The summed E-state index contributed by atoms with van der Waals surface area (Å²) in [6.45, 7) is 2.35. The monoisotopic (exact) mass is 357 g/mol. The molecule has 2 aromatic rings. The summed E-state index contributed by atoms with van der Waals surface area (Å²) in [5.74, 6) is -5.30. The van der Waals surface area contributed by atoms with Gasteiger partial charge in [0.25, 0.3) is 11.7 Å². The molecule has 0 aliphatic rings. The van der Waals surface area contributed by atoms with Gasteiger partial charge in [-0.3, -0.25) is 14.3 Å². The highest BCUT2D eigenvalue weighted by molar-refractivity contribution is 7.91. The van der Waals surface area contributed by atoms with Gasteiger partial charge in [0.05, 0.1) is 16.7 Å². The number of ketones is 1. The van der Waals surface area contributed by atoms with Gasteiger partial charge in [-0.05, 0) is 31.2 Å². The van der Waals surface area contributed by atoms with E-state index in [1.54, 1.807) is 0 Å². The number of nitrogens with one attached hydrogen (secondary N) is 1. The Bertz CT molecular complexity index is 860. The van der Waals surface area contributed by atoms with Crippen molar-refractivity contribution in [1.82, 2.24) is 9.78 Å². The molecule has 7 nitrogen and oxygen atoms in total. The number of halogens is 2. The molecule has 0 spiro atoms. The van der Waals surface area contributed by atoms with Crippen molar-refractivity contribution in [3.63, 3.8) is 0 Å². The van der Waals surface area contributed by atoms with E-state index >= 15 is 0 Å². The molecule has 0 aliphatic carbocycles. The number of Topliss-reactive ketones (excluding diaryl/α,β-unsaturated/α-hetero) is 1. The summed E-state index contributed by atoms with van der Waals surface area (Å²) >= 11 is 0. The largest absolute Gasteiger partial charge is 0.341 e. The molecule has 0 unspecified atom stereocenters. The number of carbonyl (C=O) groups excluding carboxylic acids is 2. The lowest BCUT2D eigenvalue weighted by molar-refractivity contribution is -0.112. The number of aryl methyl sites for hydroxylation is 1. The average Bonchev–Trinajstić information content (AvgIpc) is 3.03. The quantitative estimate of drug-likeness (QED) is 0.627. The minimum absolute atomic E-state index is 0.101. The summed E-state index contributed by atoms with van der Waals surface area (Å²) in [7, 11) is -4.71. The number of aromatic nitrogens is 2. The molecule has 1 heterocycles. The van der Waals surface area contributed by atoms with Crippen LogP contribution in [0.3, 0.4) is 0 Å². The Morgan fingerprint density at radius 1 is 1.25 bits per heavy atom. The Hall–Kier alpha value is -2.62. The Labute approximate surface area is 136 Å². The van der Waals surface area contributed by atoms with E-state index in [0.717, 1.165) is 24.3 Å². The molecule has 1 amide bonds. The summed E-state index contributed by atoms with van der Waals surface area (Å²) in [5.41, 5.74) is 0.204. The van der Waals surface area contributed by atoms with Crippen LogP contribution in [0.15, 0.2) is 41.6 Å². The van der Waals surface area contributed by atoms with Gasteiger partial charge >= 0.3 is 5.76 Å². The fraction of sp³-hybridized carbons (Fsp3) is 0.214. The highest BCUT2D eigenvalue weighted by atomic mass is 32.2. The maximum Gasteiger partial charge on any atom is 0.341 e. The number of benzene rings is 1. The van der Waals surface area contributed by atoms with E-state index in [0.29, 0.717) is 6.54 Å². The van der Waals surface area contributed by atoms with Gasteiger partial charge < -0.3 is 5.32 Å². The maximum atomic E-state index is 12.4. The van der Waals surface area contributed by atoms with Gasteiger partial charge in [-0.1, -0.05) is 0 Å². The van der Waals surface area contributed by atoms with E-state index in [9.17, 15) is 26.8 Å². The highest BCUT2D eigenvalue weighted by Gasteiger charge is 2.26. The summed E-state index contributed by atoms with van der Waals surface area (Å²) in [6.07, 6.45) is 2.67. The number of hydrogen-bond donors (Lipinski definition) is 1. The molecule has 0 radical (unpaired) electrons. The van der Waals surface area contributed by atoms with Gasteiger partial charge in [-0.25, -0.2) is 8.42 Å². The molecule has 0 fully saturated rings. The number of nitrogens with zero attached hydrogens (tertiary/aromatic N) is 2. The number of alkyl halides is 2. The smallest absolute Gasteiger partial charge is 0.319 e. The summed E-state index contributed by atoms with van der Waals surface area (Å²) in [6, 6.07) is 4.10. The van der Waals surface area contributed by atoms with E-state index in [1.165, 1.54) is 17.1 Å². The van der Waals surface area contributed by atoms with Crippen LogP contribution in [0.4, 0.5) is 14.5 Å². The first-order valence-electron chi connectivity index (χ1n) is 6.76. The summed E-state index contributed by atoms with van der Waals surface area (Å²) < 4.78 is 48.9. The van der Waals surface area contributed by atoms with Crippen LogP contribution in [0.25, 0.3) is 0 Å². The lowest BCUT2D eigenvalue weighted by Gasteiger charge is -2.06. The van der Waals surface area contributed by atoms with Crippen LogP contribution in [-0.4, -0.2) is 35.6 Å². The number of carbonyl (C=O) groups is 2. The molecule has 10 heteroatoms. The van der Waals surface area contributed by atoms with Crippen LogP contribution in [0.1, 0.15) is 17.3 Å². The Kier molecular flexibility index (Phi) is 5.07. The molecule has 1 aromatic heterocycles. The van der Waals surface area contributed by atoms with Crippen molar-refractivity contribution in [1.29, 1.82) is 0 Å². The second-order valence-electron chi connectivity index (χ2n) is 4.70. The molecule has 0 aliphatic heterocycles. The fourth-order valence-corrected chi connectivity index (χ4v) is 2.52. The zero-order chi connectivity index (χ0) is 17.9. The van der Waals surface area contributed by atoms with Gasteiger partial charge in [0, 0.05) is 18.4 Å². The number of rotatable bonds is 6. The van der Waals surface area contributed by atoms with Crippen LogP contribution >= 0.6 is 0 Å². The van der Waals surface area contributed by atoms with E-state index < -0.39 is 32.2 Å². The molecule has 1 aromatic carbocycles. The SMILES string of the molecule is CCn1cc(C(=O)C(=O)Nc2ccc(S(=O)(=O)C(F)F)cc2)cn1. The highest BCUT2D eigenvalue weighted by Crippen LogP contribution is 2.20. The Balaban J connectivity index is 2.11. The molecule has 128 valence electrons. The third-order valence-corrected chi connectivity index (χ3v) is 4.50. The maximum absolute atomic E-state index is 12.4. The van der Waals surface area contributed by atoms with Crippen molar-refractivity contribution in [2.45, 2.75) is 24.1 Å². The normalized spacial score (nSPS) is 11.5. The van der Waals surface area contributed by atoms with E-state index in [4.69, 9.17) is 0 Å². The lowest BCUT2D eigenvalue weighted by Crippen LogP contribution is -2.22. The zero-order valence-electron chi connectivity index (χ0n) is 12.4. The zero-order valence-corrected chi connectivity index (χ0v) is 13.3. The number of sulfone groups is 1. The van der Waals surface area contributed by atoms with Gasteiger partial charge in [-0.15, -0.1) is 0 Å². The van der Waals surface area contributed by atoms with Crippen LogP contribution in [0.5, 0.6) is 0 Å². The second kappa shape index (κ2) is 6.87. The molecule has 0 saturated heterocycles. The van der Waals surface area contributed by atoms with Crippen LogP contribution in [0.2, 0.25) is 0 Å². The van der Waals surface area contributed by atoms with Crippen LogP contribution in [-0.2, 0) is 21.2 Å². The predicted molar refractivity (Wildman–Crippen MR) is 80.5 cm³/mol. The van der Waals surface area contributed by atoms with Crippen molar-refractivity contribution in [3.8, 4) is 0 Å². The van der Waals surface area contributed by atoms with Crippen molar-refractivity contribution in [2.75, 3.05) is 5.32 Å². The average molecular weight is 357 g/mol. The first-order chi connectivity index (χ1) is 11.3. The van der Waals surface area contributed by atoms with Crippen molar-refractivity contribution >= 4 is 27.2 Å². The summed E-state index contributed by atoms with van der Waals surface area (Å²) in [5, 5.41) is 6.15. The van der Waals surface area contributed by atoms with E-state index in [-0.39, 0.29) is 11.3 Å². The molecular weight excluding hydrogens is 344 g/mol. The molecule has 1 N–H and O–H groups in total. The van der Waals surface area contributed by atoms with Crippen LogP contribution < -0.4 is 5.32 Å². The standard InChI is InChI=1S/C14H13F2N3O4S/c1-2-19-8-9(7-17-19)12(20)13(21)18-10-3-5-11(6-4-10)24(22,23)14(15)16/h3-8,14H,2H2,1H3,(H,18,21). The van der Waals surface area contributed by atoms with Crippen molar-refractivity contribution in [2.24, 2.45) is 0 Å². The minimum atomic E-state index is -4.71. The molecule has 0 bridgehead atoms. The predicted octanol–water partition coefficient (Wildman–Crippen LogP) is 1.72. The molecular formula is C14H13F2N3O4S. The molecule has 0 saturated carbocycles. The van der Waals surface area contributed by atoms with Crippen LogP contribution in [0, 0.1) is 0 Å². The third-order valence-electron chi connectivity index (χ3n) is 3.10. The molecule has 0 atom stereocenters. The topological polar surface area (TPSA) is 98.1 Å². The number of anilines is 1. The van der Waals surface area contributed by atoms with Gasteiger partial charge in [-0.2, -0.15) is 13.9 Å². The Morgan fingerprint density at radius 3 is 2.38 bits per heavy atom. The van der Waals surface area contributed by atoms with E-state index in [1.807, 2.05) is 6.92 Å². The lowest BCUT2D eigenvalue weighted by atomic mass is 10.2. The van der Waals surface area contributed by atoms with Gasteiger partial charge in [0.1, 0.15) is 0 Å². The van der Waals surface area contributed by atoms with Gasteiger partial charge in [0.15, 0.2) is 0 Å². The fourth-order valence-electron chi connectivity index (χ4n) is 1.80. The molecule has 24 heavy (non-hydrogen) atoms. The van der Waals surface area contributed by atoms with Crippen molar-refractivity contribution < 1.29 is 26.8 Å². The number of amides is 1.